The third kappa shape index (κ3) is 7.64. The highest BCUT2D eigenvalue weighted by Crippen LogP contribution is 2.04. The van der Waals surface area contributed by atoms with E-state index in [2.05, 4.69) is 22.2 Å². The Morgan fingerprint density at radius 3 is 2.73 bits per heavy atom. The number of ether oxygens (including phenoxy) is 1. The molecule has 0 fully saturated rings. The number of hydrogen-bond acceptors (Lipinski definition) is 5. The van der Waals surface area contributed by atoms with E-state index in [0.29, 0.717) is 19.0 Å². The smallest absolute Gasteiger partial charge is 0.127 e. The van der Waals surface area contributed by atoms with E-state index in [1.807, 2.05) is 32.8 Å². The van der Waals surface area contributed by atoms with Crippen LogP contribution in [0.2, 0.25) is 0 Å². The summed E-state index contributed by atoms with van der Waals surface area (Å²) in [5.74, 6) is 1.26. The van der Waals surface area contributed by atoms with Crippen molar-refractivity contribution in [2.45, 2.75) is 19.9 Å². The van der Waals surface area contributed by atoms with E-state index >= 15 is 0 Å². The summed E-state index contributed by atoms with van der Waals surface area (Å²) in [6.07, 6.45) is 6.84. The van der Waals surface area contributed by atoms with Gasteiger partial charge in [-0.2, -0.15) is 0 Å². The maximum absolute atomic E-state index is 8.26. The monoisotopic (exact) mass is 307 g/mol. The molecule has 0 spiro atoms. The Bertz CT molecular complexity index is 440. The van der Waals surface area contributed by atoms with E-state index in [1.54, 1.807) is 31.7 Å². The van der Waals surface area contributed by atoms with Crippen molar-refractivity contribution in [3.63, 3.8) is 0 Å². The SMILES string of the molecule is C=C/C=C\N=CCN(C)C(=N)C(C)=C(NC)N[C@H](C)COC. The number of nitrogens with one attached hydrogen (secondary N) is 3. The van der Waals surface area contributed by atoms with Gasteiger partial charge in [0.2, 0.25) is 0 Å². The molecule has 0 bridgehead atoms. The molecule has 0 aliphatic heterocycles. The first-order chi connectivity index (χ1) is 10.5. The molecule has 124 valence electrons. The molecule has 6 nitrogen and oxygen atoms in total. The molecule has 0 heterocycles. The molecule has 3 N–H and O–H groups in total. The molecule has 0 aromatic carbocycles. The number of hydrogen-bond donors (Lipinski definition) is 3. The van der Waals surface area contributed by atoms with Crippen LogP contribution in [0.5, 0.6) is 0 Å². The number of amidine groups is 1. The molecule has 0 aromatic heterocycles. The molecule has 22 heavy (non-hydrogen) atoms. The van der Waals surface area contributed by atoms with Crippen molar-refractivity contribution in [1.29, 1.82) is 5.41 Å². The molecular formula is C16H29N5O. The number of methoxy groups -OCH3 is 1. The lowest BCUT2D eigenvalue weighted by molar-refractivity contribution is 0.175. The van der Waals surface area contributed by atoms with Crippen molar-refractivity contribution in [3.8, 4) is 0 Å². The Morgan fingerprint density at radius 1 is 1.50 bits per heavy atom. The quantitative estimate of drug-likeness (QED) is 0.326. The van der Waals surface area contributed by atoms with Crippen molar-refractivity contribution in [3.05, 3.63) is 36.3 Å². The normalized spacial score (nSPS) is 13.9. The topological polar surface area (TPSA) is 72.7 Å². The number of aliphatic imine (C=N–C) groups is 1. The van der Waals surface area contributed by atoms with Crippen LogP contribution in [0.3, 0.4) is 0 Å². The lowest BCUT2D eigenvalue weighted by atomic mass is 10.2. The first-order valence-corrected chi connectivity index (χ1v) is 7.21. The average Bonchev–Trinajstić information content (AvgIpc) is 2.51. The zero-order valence-electron chi connectivity index (χ0n) is 14.3. The summed E-state index contributed by atoms with van der Waals surface area (Å²) in [4.78, 5) is 5.92. The molecular weight excluding hydrogens is 278 g/mol. The van der Waals surface area contributed by atoms with Crippen LogP contribution < -0.4 is 10.6 Å². The Hall–Kier alpha value is -2.08. The lowest BCUT2D eigenvalue weighted by Gasteiger charge is -2.23. The third-order valence-corrected chi connectivity index (χ3v) is 2.94. The molecule has 0 aromatic rings. The predicted molar refractivity (Wildman–Crippen MR) is 94.4 cm³/mol. The first-order valence-electron chi connectivity index (χ1n) is 7.21. The van der Waals surface area contributed by atoms with Gasteiger partial charge < -0.3 is 20.3 Å². The highest BCUT2D eigenvalue weighted by Gasteiger charge is 2.12. The summed E-state index contributed by atoms with van der Waals surface area (Å²) in [7, 11) is 5.37. The number of allylic oxidation sites excluding steroid dienone is 2. The fourth-order valence-electron chi connectivity index (χ4n) is 1.74. The van der Waals surface area contributed by atoms with Crippen LogP contribution in [0.1, 0.15) is 13.8 Å². The molecule has 0 saturated heterocycles. The summed E-state index contributed by atoms with van der Waals surface area (Å²) in [6.45, 7) is 8.67. The van der Waals surface area contributed by atoms with Crippen molar-refractivity contribution >= 4 is 12.1 Å². The first kappa shape index (κ1) is 19.9. The highest BCUT2D eigenvalue weighted by atomic mass is 16.5. The molecule has 0 radical (unpaired) electrons. The Labute approximate surface area is 134 Å². The maximum atomic E-state index is 8.26. The van der Waals surface area contributed by atoms with Crippen LogP contribution in [0.25, 0.3) is 0 Å². The third-order valence-electron chi connectivity index (χ3n) is 2.94. The van der Waals surface area contributed by atoms with Gasteiger partial charge in [0, 0.05) is 45.2 Å². The summed E-state index contributed by atoms with van der Waals surface area (Å²) in [6, 6.07) is 0.158. The minimum absolute atomic E-state index is 0.158. The molecule has 0 amide bonds. The van der Waals surface area contributed by atoms with Gasteiger partial charge in [0.1, 0.15) is 11.7 Å². The van der Waals surface area contributed by atoms with E-state index in [1.165, 1.54) is 0 Å². The number of rotatable bonds is 10. The molecule has 0 aliphatic carbocycles. The molecule has 0 saturated carbocycles. The van der Waals surface area contributed by atoms with Gasteiger partial charge in [-0.1, -0.05) is 12.7 Å². The van der Waals surface area contributed by atoms with Crippen LogP contribution in [0.15, 0.2) is 41.3 Å². The molecule has 1 atom stereocenters. The second-order valence-corrected chi connectivity index (χ2v) is 4.89. The van der Waals surface area contributed by atoms with E-state index in [0.717, 1.165) is 11.4 Å². The van der Waals surface area contributed by atoms with E-state index in [-0.39, 0.29) is 6.04 Å². The minimum atomic E-state index is 0.158. The van der Waals surface area contributed by atoms with Crippen LogP contribution in [-0.4, -0.2) is 57.3 Å². The van der Waals surface area contributed by atoms with Gasteiger partial charge >= 0.3 is 0 Å². The van der Waals surface area contributed by atoms with Crippen molar-refractivity contribution in [2.24, 2.45) is 4.99 Å². The van der Waals surface area contributed by atoms with Crippen LogP contribution in [0.4, 0.5) is 0 Å². The predicted octanol–water partition coefficient (Wildman–Crippen LogP) is 1.74. The largest absolute Gasteiger partial charge is 0.383 e. The van der Waals surface area contributed by atoms with E-state index in [9.17, 15) is 0 Å². The average molecular weight is 307 g/mol. The Morgan fingerprint density at radius 2 is 2.18 bits per heavy atom. The Balaban J connectivity index is 4.75. The van der Waals surface area contributed by atoms with E-state index < -0.39 is 0 Å². The standard InChI is InChI=1S/C16H29N5O/c1-7-8-9-19-10-11-21(5)15(17)14(3)16(18-4)20-13(2)12-22-6/h7-10,13,17-18,20H,1,11-12H2,2-6H3/b9-8-,16-14?,17-15?,19-10?/t13-/m1/s1. The van der Waals surface area contributed by atoms with Gasteiger partial charge in [0.05, 0.1) is 13.2 Å². The van der Waals surface area contributed by atoms with Crippen LogP contribution in [0, 0.1) is 5.41 Å². The summed E-state index contributed by atoms with van der Waals surface area (Å²) in [5.41, 5.74) is 0.836. The lowest BCUT2D eigenvalue weighted by Crippen LogP contribution is -2.38. The van der Waals surface area contributed by atoms with E-state index in [4.69, 9.17) is 10.1 Å². The minimum Gasteiger partial charge on any atom is -0.383 e. The van der Waals surface area contributed by atoms with Crippen LogP contribution >= 0.6 is 0 Å². The molecule has 0 rings (SSSR count). The van der Waals surface area contributed by atoms with Crippen LogP contribution in [-0.2, 0) is 4.74 Å². The van der Waals surface area contributed by atoms with Crippen molar-refractivity contribution in [1.82, 2.24) is 15.5 Å². The maximum Gasteiger partial charge on any atom is 0.127 e. The molecule has 0 unspecified atom stereocenters. The summed E-state index contributed by atoms with van der Waals surface area (Å²) in [5, 5.41) is 14.7. The molecule has 6 heteroatoms. The highest BCUT2D eigenvalue weighted by molar-refractivity contribution is 5.96. The van der Waals surface area contributed by atoms with Crippen molar-refractivity contribution < 1.29 is 4.74 Å². The second-order valence-electron chi connectivity index (χ2n) is 4.89. The second kappa shape index (κ2) is 11.6. The summed E-state index contributed by atoms with van der Waals surface area (Å²) >= 11 is 0. The fourth-order valence-corrected chi connectivity index (χ4v) is 1.74. The van der Waals surface area contributed by atoms with Gasteiger partial charge in [-0.25, -0.2) is 0 Å². The van der Waals surface area contributed by atoms with Gasteiger partial charge in [0.15, 0.2) is 0 Å². The van der Waals surface area contributed by atoms with Crippen molar-refractivity contribution in [2.75, 3.05) is 34.4 Å². The van der Waals surface area contributed by atoms with Gasteiger partial charge in [-0.15, -0.1) is 0 Å². The zero-order chi connectivity index (χ0) is 17.0. The van der Waals surface area contributed by atoms with Gasteiger partial charge in [0.25, 0.3) is 0 Å². The van der Waals surface area contributed by atoms with Gasteiger partial charge in [-0.3, -0.25) is 10.4 Å². The zero-order valence-corrected chi connectivity index (χ0v) is 14.3. The fraction of sp³-hybridized carbons (Fsp3) is 0.500. The Kier molecular flexibility index (Phi) is 10.5. The molecule has 0 aliphatic rings. The van der Waals surface area contributed by atoms with Gasteiger partial charge in [-0.05, 0) is 19.9 Å². The summed E-state index contributed by atoms with van der Waals surface area (Å²) < 4.78 is 5.11. The number of nitrogens with zero attached hydrogens (tertiary/aromatic N) is 2. The number of likely N-dealkylation sites (N-methyl/N-ethyl adjacent to an activating group) is 1.